The molecular weight excluding hydrogens is 438 g/mol. The van der Waals surface area contributed by atoms with Gasteiger partial charge in [0, 0.05) is 17.8 Å². The summed E-state index contributed by atoms with van der Waals surface area (Å²) < 4.78 is 27.6. The number of rotatable bonds is 10. The molecule has 9 heteroatoms. The molecule has 1 atom stereocenters. The predicted octanol–water partition coefficient (Wildman–Crippen LogP) is 4.42. The van der Waals surface area contributed by atoms with Crippen LogP contribution in [-0.2, 0) is 10.0 Å². The maximum atomic E-state index is 12.8. The lowest BCUT2D eigenvalue weighted by Crippen LogP contribution is -2.37. The Labute approximate surface area is 185 Å². The molecule has 6 nitrogen and oxygen atoms in total. The van der Waals surface area contributed by atoms with Crippen LogP contribution >= 0.6 is 22.7 Å². The van der Waals surface area contributed by atoms with Crippen LogP contribution in [0.25, 0.3) is 0 Å². The van der Waals surface area contributed by atoms with Crippen molar-refractivity contribution >= 4 is 44.3 Å². The number of hydrogen-bond acceptors (Lipinski definition) is 6. The van der Waals surface area contributed by atoms with E-state index in [-0.39, 0.29) is 16.2 Å². The molecule has 0 spiro atoms. The number of likely N-dealkylation sites (N-methyl/N-ethyl adjacent to an activating group) is 1. The highest BCUT2D eigenvalue weighted by atomic mass is 32.2. The van der Waals surface area contributed by atoms with Gasteiger partial charge in [0.2, 0.25) is 0 Å². The Balaban J connectivity index is 1.70. The second-order valence-corrected chi connectivity index (χ2v) is 10.3. The van der Waals surface area contributed by atoms with Gasteiger partial charge in [-0.3, -0.25) is 14.4 Å². The summed E-state index contributed by atoms with van der Waals surface area (Å²) in [6.07, 6.45) is 0. The highest BCUT2D eigenvalue weighted by molar-refractivity contribution is 7.94. The number of nitrogens with one attached hydrogen (secondary N) is 2. The lowest BCUT2D eigenvalue weighted by atomic mass is 10.1. The lowest BCUT2D eigenvalue weighted by molar-refractivity contribution is 0.0935. The number of sulfonamides is 1. The molecule has 30 heavy (non-hydrogen) atoms. The SMILES string of the molecule is CCN(CC)C(CNC(=O)c1cccc(NS(=O)(=O)c2cccs2)c1)c1ccsc1. The van der Waals surface area contributed by atoms with Crippen LogP contribution in [0.1, 0.15) is 35.8 Å². The molecule has 1 unspecified atom stereocenters. The summed E-state index contributed by atoms with van der Waals surface area (Å²) >= 11 is 2.78. The maximum Gasteiger partial charge on any atom is 0.271 e. The Morgan fingerprint density at radius 1 is 1.10 bits per heavy atom. The minimum absolute atomic E-state index is 0.0933. The van der Waals surface area contributed by atoms with Crippen molar-refractivity contribution in [2.24, 2.45) is 0 Å². The van der Waals surface area contributed by atoms with Crippen LogP contribution in [0.4, 0.5) is 5.69 Å². The number of carbonyl (C=O) groups excluding carboxylic acids is 1. The molecular formula is C21H25N3O3S3. The first-order valence-corrected chi connectivity index (χ1v) is 13.0. The van der Waals surface area contributed by atoms with E-state index >= 15 is 0 Å². The van der Waals surface area contributed by atoms with E-state index in [4.69, 9.17) is 0 Å². The van der Waals surface area contributed by atoms with Crippen LogP contribution in [0.15, 0.2) is 62.8 Å². The van der Waals surface area contributed by atoms with Crippen LogP contribution in [0, 0.1) is 0 Å². The molecule has 0 radical (unpaired) electrons. The van der Waals surface area contributed by atoms with Crippen molar-refractivity contribution in [2.75, 3.05) is 24.4 Å². The van der Waals surface area contributed by atoms with Crippen LogP contribution in [0.3, 0.4) is 0 Å². The zero-order valence-corrected chi connectivity index (χ0v) is 19.3. The molecule has 1 amide bonds. The predicted molar refractivity (Wildman–Crippen MR) is 124 cm³/mol. The molecule has 0 aliphatic carbocycles. The fourth-order valence-corrected chi connectivity index (χ4v) is 5.97. The van der Waals surface area contributed by atoms with Crippen molar-refractivity contribution in [2.45, 2.75) is 24.1 Å². The first kappa shape index (κ1) is 22.5. The number of hydrogen-bond donors (Lipinski definition) is 2. The van der Waals surface area contributed by atoms with E-state index in [1.54, 1.807) is 53.1 Å². The van der Waals surface area contributed by atoms with Gasteiger partial charge in [0.15, 0.2) is 0 Å². The Morgan fingerprint density at radius 3 is 2.53 bits per heavy atom. The molecule has 2 N–H and O–H groups in total. The fourth-order valence-electron chi connectivity index (χ4n) is 3.22. The first-order valence-electron chi connectivity index (χ1n) is 9.65. The third kappa shape index (κ3) is 5.48. The Hall–Kier alpha value is -2.20. The fraction of sp³-hybridized carbons (Fsp3) is 0.286. The van der Waals surface area contributed by atoms with Gasteiger partial charge >= 0.3 is 0 Å². The molecule has 160 valence electrons. The number of benzene rings is 1. The summed E-state index contributed by atoms with van der Waals surface area (Å²) in [6, 6.07) is 11.9. The topological polar surface area (TPSA) is 78.5 Å². The van der Waals surface area contributed by atoms with Crippen molar-refractivity contribution in [3.8, 4) is 0 Å². The van der Waals surface area contributed by atoms with Crippen molar-refractivity contribution in [1.29, 1.82) is 0 Å². The zero-order valence-electron chi connectivity index (χ0n) is 16.9. The van der Waals surface area contributed by atoms with Gasteiger partial charge in [-0.25, -0.2) is 8.42 Å². The quantitative estimate of drug-likeness (QED) is 0.466. The molecule has 0 bridgehead atoms. The average Bonchev–Trinajstić information content (AvgIpc) is 3.45. The van der Waals surface area contributed by atoms with Crippen molar-refractivity contribution in [1.82, 2.24) is 10.2 Å². The Morgan fingerprint density at radius 2 is 1.90 bits per heavy atom. The molecule has 1 aromatic carbocycles. The van der Waals surface area contributed by atoms with Gasteiger partial charge in [-0.15, -0.1) is 11.3 Å². The summed E-state index contributed by atoms with van der Waals surface area (Å²) in [5, 5.41) is 8.85. The molecule has 0 saturated carbocycles. The monoisotopic (exact) mass is 463 g/mol. The van der Waals surface area contributed by atoms with Crippen LogP contribution in [0.5, 0.6) is 0 Å². The maximum absolute atomic E-state index is 12.8. The number of thiophene rings is 2. The lowest BCUT2D eigenvalue weighted by Gasteiger charge is -2.29. The number of carbonyl (C=O) groups is 1. The first-order chi connectivity index (χ1) is 14.4. The third-order valence-electron chi connectivity index (χ3n) is 4.77. The number of nitrogens with zero attached hydrogens (tertiary/aromatic N) is 1. The minimum atomic E-state index is -3.65. The highest BCUT2D eigenvalue weighted by Gasteiger charge is 2.20. The van der Waals surface area contributed by atoms with E-state index in [1.165, 1.54) is 5.56 Å². The Kier molecular flexibility index (Phi) is 7.65. The minimum Gasteiger partial charge on any atom is -0.350 e. The average molecular weight is 464 g/mol. The number of amides is 1. The largest absolute Gasteiger partial charge is 0.350 e. The van der Waals surface area contributed by atoms with Crippen LogP contribution in [-0.4, -0.2) is 38.9 Å². The van der Waals surface area contributed by atoms with E-state index < -0.39 is 10.0 Å². The molecule has 2 aromatic heterocycles. The van der Waals surface area contributed by atoms with E-state index in [0.717, 1.165) is 24.4 Å². The summed E-state index contributed by atoms with van der Waals surface area (Å²) in [5.74, 6) is -0.237. The standard InChI is InChI=1S/C21H25N3O3S3/c1-3-24(4-2)19(17-10-12-28-15-17)14-22-21(25)16-7-5-8-18(13-16)23-30(26,27)20-9-6-11-29-20/h5-13,15,19,23H,3-4,14H2,1-2H3,(H,22,25). The second kappa shape index (κ2) is 10.2. The summed E-state index contributed by atoms with van der Waals surface area (Å²) in [6.45, 7) is 6.45. The van der Waals surface area contributed by atoms with E-state index in [9.17, 15) is 13.2 Å². The molecule has 0 saturated heterocycles. The van der Waals surface area contributed by atoms with Gasteiger partial charge in [0.25, 0.3) is 15.9 Å². The smallest absolute Gasteiger partial charge is 0.271 e. The van der Waals surface area contributed by atoms with Crippen molar-refractivity contribution in [3.63, 3.8) is 0 Å². The van der Waals surface area contributed by atoms with Crippen LogP contribution in [0.2, 0.25) is 0 Å². The summed E-state index contributed by atoms with van der Waals surface area (Å²) in [7, 11) is -3.65. The van der Waals surface area contributed by atoms with Crippen molar-refractivity contribution in [3.05, 3.63) is 69.7 Å². The molecule has 3 aromatic rings. The van der Waals surface area contributed by atoms with Gasteiger partial charge in [-0.2, -0.15) is 11.3 Å². The number of anilines is 1. The molecule has 2 heterocycles. The highest BCUT2D eigenvalue weighted by Crippen LogP contribution is 2.23. The third-order valence-corrected chi connectivity index (χ3v) is 8.25. The molecule has 0 aliphatic heterocycles. The van der Waals surface area contributed by atoms with Gasteiger partial charge in [-0.05, 0) is 65.1 Å². The van der Waals surface area contributed by atoms with E-state index in [0.29, 0.717) is 17.8 Å². The molecule has 0 fully saturated rings. The normalized spacial score (nSPS) is 12.6. The van der Waals surface area contributed by atoms with Gasteiger partial charge in [-0.1, -0.05) is 26.0 Å². The zero-order chi connectivity index (χ0) is 21.6. The van der Waals surface area contributed by atoms with Crippen LogP contribution < -0.4 is 10.0 Å². The van der Waals surface area contributed by atoms with Crippen molar-refractivity contribution < 1.29 is 13.2 Å². The molecule has 3 rings (SSSR count). The molecule has 0 aliphatic rings. The van der Waals surface area contributed by atoms with Gasteiger partial charge in [0.1, 0.15) is 4.21 Å². The van der Waals surface area contributed by atoms with E-state index in [2.05, 4.69) is 40.2 Å². The van der Waals surface area contributed by atoms with Gasteiger partial charge < -0.3 is 5.32 Å². The second-order valence-electron chi connectivity index (χ2n) is 6.62. The van der Waals surface area contributed by atoms with E-state index in [1.807, 2.05) is 5.38 Å². The summed E-state index contributed by atoms with van der Waals surface area (Å²) in [4.78, 5) is 15.1. The Bertz CT molecular complexity index is 1040. The summed E-state index contributed by atoms with van der Waals surface area (Å²) in [5.41, 5.74) is 1.95. The van der Waals surface area contributed by atoms with Gasteiger partial charge in [0.05, 0.1) is 6.04 Å².